The average molecular weight is 1820 g/mol. The molecule has 7 aromatic heterocycles. The molecule has 143 heavy (non-hydrogen) atoms. The van der Waals surface area contributed by atoms with Crippen molar-refractivity contribution in [3.05, 3.63) is 535 Å². The highest BCUT2D eigenvalue weighted by molar-refractivity contribution is 6.26. The number of rotatable bonds is 15. The SMILES string of the molecule is c1ccc(-c2ccc3c(-c4ccc(-c5ccccn5)nc4)c4ccccc4c(-c4ccc(-c5ccccn5)nc4)c3c2)cc1.c1ccc(-c2ccc3c(-c4cccc(-c5cccnc5)c4)c4ccccc4c(-c4cccc(-c5ccncc5)c4)c3c2)cc1.c1ccc(-n2c(-c3ccc(-c4ccc5c(-c6ccc7ccccc7c6)c6ccccc6c(-c6ccc7ccccc7c6)c5c4)cc3)nc3ccccc32)cc1. The highest BCUT2D eigenvalue weighted by Gasteiger charge is 2.25. The summed E-state index contributed by atoms with van der Waals surface area (Å²) in [4.78, 5) is 32.4. The van der Waals surface area contributed by atoms with Crippen LogP contribution < -0.4 is 0 Å². The highest BCUT2D eigenvalue weighted by atomic mass is 15.1. The first kappa shape index (κ1) is 85.5. The summed E-state index contributed by atoms with van der Waals surface area (Å²) in [5, 5.41) is 19.6. The van der Waals surface area contributed by atoms with Crippen molar-refractivity contribution in [1.82, 2.24) is 39.5 Å². The number of aromatic nitrogens is 8. The van der Waals surface area contributed by atoms with Gasteiger partial charge >= 0.3 is 0 Å². The molecule has 8 heteroatoms. The molecule has 0 bridgehead atoms. The van der Waals surface area contributed by atoms with E-state index in [2.05, 4.69) is 467 Å². The van der Waals surface area contributed by atoms with Gasteiger partial charge in [0, 0.05) is 77.5 Å². The van der Waals surface area contributed by atoms with Crippen molar-refractivity contribution in [1.29, 1.82) is 0 Å². The van der Waals surface area contributed by atoms with Gasteiger partial charge in [0.05, 0.1) is 33.8 Å². The number of fused-ring (bicyclic) bond motifs is 9. The number of pyridine rings is 6. The molecule has 0 spiro atoms. The predicted octanol–water partition coefficient (Wildman–Crippen LogP) is 35.3. The van der Waals surface area contributed by atoms with E-state index < -0.39 is 0 Å². The molecular formula is C135H88N8. The Morgan fingerprint density at radius 2 is 0.483 bits per heavy atom. The fourth-order valence-electron chi connectivity index (χ4n) is 21.0. The van der Waals surface area contributed by atoms with Crippen LogP contribution in [0.15, 0.2) is 535 Å². The van der Waals surface area contributed by atoms with Crippen molar-refractivity contribution in [3.8, 4) is 162 Å². The van der Waals surface area contributed by atoms with E-state index in [-0.39, 0.29) is 0 Å². The van der Waals surface area contributed by atoms with E-state index in [9.17, 15) is 0 Å². The first-order valence-corrected chi connectivity index (χ1v) is 48.4. The van der Waals surface area contributed by atoms with Gasteiger partial charge in [0.15, 0.2) is 0 Å². The smallest absolute Gasteiger partial charge is 0.145 e. The number of benzene rings is 20. The Hall–Kier alpha value is -19.2. The zero-order valence-corrected chi connectivity index (χ0v) is 77.9. The second-order valence-electron chi connectivity index (χ2n) is 36.1. The molecule has 0 aliphatic rings. The largest absolute Gasteiger partial charge is 0.292 e. The van der Waals surface area contributed by atoms with Gasteiger partial charge in [-0.3, -0.25) is 34.5 Å². The second kappa shape index (κ2) is 37.7. The first-order valence-electron chi connectivity index (χ1n) is 48.4. The van der Waals surface area contributed by atoms with Crippen molar-refractivity contribution in [3.63, 3.8) is 0 Å². The van der Waals surface area contributed by atoms with E-state index >= 15 is 0 Å². The van der Waals surface area contributed by atoms with E-state index in [1.165, 1.54) is 164 Å². The molecule has 20 aromatic carbocycles. The summed E-state index contributed by atoms with van der Waals surface area (Å²) in [6.45, 7) is 0. The maximum absolute atomic E-state index is 5.12. The third-order valence-corrected chi connectivity index (χ3v) is 27.7. The molecule has 0 saturated heterocycles. The van der Waals surface area contributed by atoms with Crippen LogP contribution in [0, 0.1) is 0 Å². The van der Waals surface area contributed by atoms with Gasteiger partial charge in [-0.1, -0.05) is 364 Å². The van der Waals surface area contributed by atoms with E-state index in [0.717, 1.165) is 95.4 Å². The topological polar surface area (TPSA) is 95.2 Å². The van der Waals surface area contributed by atoms with Crippen LogP contribution >= 0.6 is 0 Å². The van der Waals surface area contributed by atoms with Gasteiger partial charge in [0.2, 0.25) is 0 Å². The summed E-state index contributed by atoms with van der Waals surface area (Å²) in [6.07, 6.45) is 15.0. The van der Waals surface area contributed by atoms with Crippen molar-refractivity contribution in [2.75, 3.05) is 0 Å². The minimum atomic E-state index is 0.851. The maximum atomic E-state index is 5.12. The molecule has 0 atom stereocenters. The Balaban J connectivity index is 0.000000114. The Morgan fingerprint density at radius 1 is 0.154 bits per heavy atom. The van der Waals surface area contributed by atoms with Gasteiger partial charge < -0.3 is 0 Å². The number of hydrogen-bond acceptors (Lipinski definition) is 7. The summed E-state index contributed by atoms with van der Waals surface area (Å²) >= 11 is 0. The van der Waals surface area contributed by atoms with Crippen LogP contribution in [0.25, 0.3) is 259 Å². The van der Waals surface area contributed by atoms with Crippen LogP contribution in [0.3, 0.4) is 0 Å². The fourth-order valence-corrected chi connectivity index (χ4v) is 21.0. The number of hydrogen-bond donors (Lipinski definition) is 0. The maximum Gasteiger partial charge on any atom is 0.145 e. The van der Waals surface area contributed by atoms with Crippen LogP contribution in [0.1, 0.15) is 0 Å². The lowest BCUT2D eigenvalue weighted by atomic mass is 9.84. The van der Waals surface area contributed by atoms with Crippen LogP contribution in [0.4, 0.5) is 0 Å². The van der Waals surface area contributed by atoms with Gasteiger partial charge in [-0.2, -0.15) is 0 Å². The monoisotopic (exact) mass is 1820 g/mol. The minimum absolute atomic E-state index is 0.851. The van der Waals surface area contributed by atoms with E-state index in [4.69, 9.17) is 15.0 Å². The third-order valence-electron chi connectivity index (χ3n) is 27.7. The molecule has 0 fully saturated rings. The number of imidazole rings is 1. The van der Waals surface area contributed by atoms with Crippen molar-refractivity contribution >= 4 is 97.2 Å². The molecule has 0 N–H and O–H groups in total. The third kappa shape index (κ3) is 16.5. The lowest BCUT2D eigenvalue weighted by Crippen LogP contribution is -1.97. The second-order valence-corrected chi connectivity index (χ2v) is 36.1. The van der Waals surface area contributed by atoms with E-state index in [0.29, 0.717) is 0 Å². The van der Waals surface area contributed by atoms with Crippen LogP contribution in [-0.4, -0.2) is 39.5 Å². The zero-order chi connectivity index (χ0) is 94.9. The van der Waals surface area contributed by atoms with Crippen molar-refractivity contribution in [2.24, 2.45) is 0 Å². The molecule has 7 heterocycles. The Bertz CT molecular complexity index is 9460. The van der Waals surface area contributed by atoms with Crippen LogP contribution in [0.2, 0.25) is 0 Å². The van der Waals surface area contributed by atoms with Crippen molar-refractivity contribution < 1.29 is 0 Å². The molecule has 0 unspecified atom stereocenters. The molecule has 27 aromatic rings. The normalized spacial score (nSPS) is 11.4. The molecule has 0 saturated carbocycles. The summed E-state index contributed by atoms with van der Waals surface area (Å²) in [5.41, 5.74) is 33.7. The number of nitrogens with zero attached hydrogens (tertiary/aromatic N) is 8. The summed E-state index contributed by atoms with van der Waals surface area (Å²) in [6, 6.07) is 173. The molecule has 0 radical (unpaired) electrons. The van der Waals surface area contributed by atoms with Crippen LogP contribution in [-0.2, 0) is 0 Å². The van der Waals surface area contributed by atoms with Gasteiger partial charge in [-0.25, -0.2) is 4.98 Å². The van der Waals surface area contributed by atoms with Crippen molar-refractivity contribution in [2.45, 2.75) is 0 Å². The molecule has 0 aliphatic heterocycles. The molecule has 0 amide bonds. The van der Waals surface area contributed by atoms with Gasteiger partial charge in [0.25, 0.3) is 0 Å². The summed E-state index contributed by atoms with van der Waals surface area (Å²) < 4.78 is 2.26. The molecular weight excluding hydrogens is 1730 g/mol. The molecule has 27 rings (SSSR count). The minimum Gasteiger partial charge on any atom is -0.292 e. The lowest BCUT2D eigenvalue weighted by Gasteiger charge is -2.19. The van der Waals surface area contributed by atoms with E-state index in [1.807, 2.05) is 79.6 Å². The summed E-state index contributed by atoms with van der Waals surface area (Å²) in [5.74, 6) is 0.933. The van der Waals surface area contributed by atoms with Gasteiger partial charge in [0.1, 0.15) is 5.82 Å². The molecule has 0 aliphatic carbocycles. The fraction of sp³-hybridized carbons (Fsp3) is 0. The predicted molar refractivity (Wildman–Crippen MR) is 597 cm³/mol. The lowest BCUT2D eigenvalue weighted by molar-refractivity contribution is 1.10. The van der Waals surface area contributed by atoms with Gasteiger partial charge in [-0.15, -0.1) is 0 Å². The molecule has 8 nitrogen and oxygen atoms in total. The zero-order valence-electron chi connectivity index (χ0n) is 77.9. The van der Waals surface area contributed by atoms with E-state index in [1.54, 1.807) is 12.4 Å². The summed E-state index contributed by atoms with van der Waals surface area (Å²) in [7, 11) is 0. The standard InChI is InChI=1S/C53H34N2.C42H28N2.C40H26N4/c1-2-16-44(17-3-1)55-50-21-11-10-20-49(50)54-53(55)38-26-22-37(23-27-38)41-30-31-47-48(34-41)52(43-29-25-36-13-5-7-15-40(36)33-43)46-19-9-8-18-45(46)51(47)42-28-24-35-12-4-6-14-39(35)32-42;1-2-9-29(10-3-1)33-18-19-39-40(27-33)42(35-14-6-11-31(25-35)30-20-23-43-24-21-30)38-17-5-4-16-37(38)41(39)34-13-7-12-32(26-34)36-15-8-22-44-28-36;1-2-10-27(11-3-1)28-16-19-33-34(24-28)40(30-18-21-38(44-26-30)36-15-7-9-23-42-36)32-13-5-4-12-31(32)39(33)29-17-20-37(43-25-29)35-14-6-8-22-41-35/h1-34H;1-28H;1-26H. The quantitative estimate of drug-likeness (QED) is 0.0944. The molecule has 668 valence electrons. The Kier molecular flexibility index (Phi) is 22.6. The van der Waals surface area contributed by atoms with Gasteiger partial charge in [-0.05, 0) is 313 Å². The Morgan fingerprint density at radius 3 is 0.937 bits per heavy atom. The highest BCUT2D eigenvalue weighted by Crippen LogP contribution is 2.51. The first-order chi connectivity index (χ1) is 70.9. The number of para-hydroxylation sites is 3. The average Bonchev–Trinajstić information content (AvgIpc) is 1.12. The Labute approximate surface area is 828 Å². The van der Waals surface area contributed by atoms with Crippen LogP contribution in [0.5, 0.6) is 0 Å².